The first-order valence-electron chi connectivity index (χ1n) is 5.57. The van der Waals surface area contributed by atoms with E-state index in [1.54, 1.807) is 0 Å². The van der Waals surface area contributed by atoms with Gasteiger partial charge in [0.05, 0.1) is 0 Å². The molecule has 3 rings (SSSR count). The van der Waals surface area contributed by atoms with E-state index in [9.17, 15) is 0 Å². The van der Waals surface area contributed by atoms with Crippen molar-refractivity contribution in [3.8, 4) is 0 Å². The predicted octanol–water partition coefficient (Wildman–Crippen LogP) is 3.33. The van der Waals surface area contributed by atoms with Crippen molar-refractivity contribution in [1.82, 2.24) is 0 Å². The maximum Gasteiger partial charge on any atom is 0.501 e. The molecular weight excluding hydrogens is 208 g/mol. The topological polar surface area (TPSA) is 6.02 Å². The summed E-state index contributed by atoms with van der Waals surface area (Å²) in [5.74, 6) is 0. The molecule has 0 radical (unpaired) electrons. The van der Waals surface area contributed by atoms with Crippen molar-refractivity contribution in [2.24, 2.45) is 0 Å². The molecule has 17 heavy (non-hydrogen) atoms. The summed E-state index contributed by atoms with van der Waals surface area (Å²) in [4.78, 5) is 0. The van der Waals surface area contributed by atoms with E-state index in [1.807, 2.05) is 57.9 Å². The minimum absolute atomic E-state index is 1.11. The average molecular weight is 220 g/mol. The molecule has 1 heterocycles. The molecule has 1 aliphatic rings. The number of hydrogen-bond donors (Lipinski definition) is 0. The molecule has 2 heteroatoms. The molecule has 2 aromatic carbocycles. The van der Waals surface area contributed by atoms with Gasteiger partial charge in [0, 0.05) is 24.3 Å². The molecular formula is C15H12N2+2. The second-order valence-corrected chi connectivity index (χ2v) is 3.81. The van der Waals surface area contributed by atoms with Gasteiger partial charge in [-0.25, -0.2) is 0 Å². The molecule has 0 atom stereocenters. The van der Waals surface area contributed by atoms with Crippen LogP contribution in [0.2, 0.25) is 0 Å². The Balaban J connectivity index is 2.06. The van der Waals surface area contributed by atoms with Crippen LogP contribution in [-0.2, 0) is 0 Å². The third-order valence-corrected chi connectivity index (χ3v) is 2.65. The van der Waals surface area contributed by atoms with Gasteiger partial charge in [-0.2, -0.15) is 0 Å². The smallest absolute Gasteiger partial charge is 0.0618 e. The summed E-state index contributed by atoms with van der Waals surface area (Å²) in [6, 6.07) is 23.6. The van der Waals surface area contributed by atoms with Gasteiger partial charge in [0.2, 0.25) is 11.4 Å². The standard InChI is InChI=1S/C15H12N2/c1-3-7-14(8-4-1)16-11-12-17(13-16)15-9-5-2-6-10-15/h1-12H/q+2. The fraction of sp³-hybridized carbons (Fsp3) is 0. The van der Waals surface area contributed by atoms with Crippen LogP contribution in [0.4, 0.5) is 11.4 Å². The van der Waals surface area contributed by atoms with Gasteiger partial charge in [0.25, 0.3) is 12.4 Å². The Bertz CT molecular complexity index is 565. The van der Waals surface area contributed by atoms with Crippen molar-refractivity contribution in [1.29, 1.82) is 0 Å². The molecule has 0 aliphatic carbocycles. The predicted molar refractivity (Wildman–Crippen MR) is 66.9 cm³/mol. The van der Waals surface area contributed by atoms with E-state index in [4.69, 9.17) is 0 Å². The lowest BCUT2D eigenvalue weighted by Gasteiger charge is -1.85. The van der Waals surface area contributed by atoms with E-state index in [2.05, 4.69) is 30.3 Å². The Morgan fingerprint density at radius 2 is 1.00 bits per heavy atom. The summed E-state index contributed by atoms with van der Waals surface area (Å²) in [5.41, 5.74) is 2.23. The monoisotopic (exact) mass is 220 g/mol. The lowest BCUT2D eigenvalue weighted by molar-refractivity contribution is -0.387. The quantitative estimate of drug-likeness (QED) is 0.685. The summed E-state index contributed by atoms with van der Waals surface area (Å²) in [6.07, 6.45) is 4.00. The van der Waals surface area contributed by atoms with E-state index in [0.717, 1.165) is 11.4 Å². The van der Waals surface area contributed by atoms with Crippen LogP contribution < -0.4 is 0 Å². The maximum absolute atomic E-state index is 3.28. The summed E-state index contributed by atoms with van der Waals surface area (Å²) >= 11 is 0. The molecule has 0 N–H and O–H groups in total. The Morgan fingerprint density at radius 1 is 0.588 bits per heavy atom. The molecule has 0 saturated carbocycles. The minimum atomic E-state index is 1.11. The number of nitrogens with zero attached hydrogens (tertiary/aromatic N) is 2. The maximum atomic E-state index is 3.28. The highest BCUT2D eigenvalue weighted by Gasteiger charge is 2.19. The van der Waals surface area contributed by atoms with Crippen LogP contribution in [0.25, 0.3) is 0 Å². The molecule has 1 aliphatic heterocycles. The fourth-order valence-corrected chi connectivity index (χ4v) is 1.78. The highest BCUT2D eigenvalue weighted by molar-refractivity contribution is 5.43. The fourth-order valence-electron chi connectivity index (χ4n) is 1.78. The van der Waals surface area contributed by atoms with Gasteiger partial charge >= 0.3 is 6.01 Å². The summed E-state index contributed by atoms with van der Waals surface area (Å²) in [5, 5.41) is 0. The number of para-hydroxylation sites is 2. The van der Waals surface area contributed by atoms with Crippen LogP contribution in [0, 0.1) is 0 Å². The van der Waals surface area contributed by atoms with E-state index in [0.29, 0.717) is 0 Å². The number of hydrogen-bond acceptors (Lipinski definition) is 0. The second kappa shape index (κ2) is 4.20. The van der Waals surface area contributed by atoms with Gasteiger partial charge in [-0.1, -0.05) is 45.5 Å². The van der Waals surface area contributed by atoms with Gasteiger partial charge in [0.15, 0.2) is 0 Å². The van der Waals surface area contributed by atoms with E-state index in [-0.39, 0.29) is 0 Å². The van der Waals surface area contributed by atoms with Gasteiger partial charge in [-0.3, -0.25) is 0 Å². The van der Waals surface area contributed by atoms with Crippen LogP contribution in [0.1, 0.15) is 0 Å². The zero-order valence-electron chi connectivity index (χ0n) is 9.32. The molecule has 0 fully saturated rings. The van der Waals surface area contributed by atoms with Gasteiger partial charge in [0.1, 0.15) is 0 Å². The van der Waals surface area contributed by atoms with Crippen molar-refractivity contribution in [3.05, 3.63) is 73.1 Å². The third kappa shape index (κ3) is 1.94. The van der Waals surface area contributed by atoms with Crippen molar-refractivity contribution < 1.29 is 9.15 Å². The zero-order chi connectivity index (χ0) is 11.5. The number of rotatable bonds is 2. The van der Waals surface area contributed by atoms with Gasteiger partial charge in [-0.05, 0) is 0 Å². The Labute approximate surface area is 100 Å². The van der Waals surface area contributed by atoms with Gasteiger partial charge in [-0.15, -0.1) is 0 Å². The summed E-state index contributed by atoms with van der Waals surface area (Å²) in [6.45, 7) is 0. The van der Waals surface area contributed by atoms with Gasteiger partial charge < -0.3 is 0 Å². The van der Waals surface area contributed by atoms with E-state index >= 15 is 0 Å². The molecule has 0 aromatic heterocycles. The first kappa shape index (κ1) is 9.76. The van der Waals surface area contributed by atoms with Crippen LogP contribution in [-0.4, -0.2) is 15.2 Å². The lowest BCUT2D eigenvalue weighted by atomic mass is 10.3. The Kier molecular flexibility index (Phi) is 2.41. The molecule has 80 valence electrons. The Morgan fingerprint density at radius 3 is 1.41 bits per heavy atom. The van der Waals surface area contributed by atoms with Crippen molar-refractivity contribution >= 4 is 17.4 Å². The molecule has 0 unspecified atom stereocenters. The van der Waals surface area contributed by atoms with Crippen LogP contribution in [0.3, 0.4) is 0 Å². The minimum Gasteiger partial charge on any atom is -0.0618 e. The number of benzene rings is 2. The summed E-state index contributed by atoms with van der Waals surface area (Å²) in [7, 11) is 0. The molecule has 2 nitrogen and oxygen atoms in total. The summed E-state index contributed by atoms with van der Waals surface area (Å²) < 4.78 is 3.96. The largest absolute Gasteiger partial charge is 0.501 e. The highest BCUT2D eigenvalue weighted by Crippen LogP contribution is 2.15. The zero-order valence-corrected chi connectivity index (χ0v) is 9.32. The SMILES string of the molecule is C1=[N+](c2ccccc2)C=C[N+]=1c1ccccc1. The van der Waals surface area contributed by atoms with Crippen molar-refractivity contribution in [2.75, 3.05) is 0 Å². The van der Waals surface area contributed by atoms with E-state index in [1.165, 1.54) is 0 Å². The first-order chi connectivity index (χ1) is 8.43. The molecule has 0 amide bonds. The lowest BCUT2D eigenvalue weighted by Crippen LogP contribution is -1.93. The second-order valence-electron chi connectivity index (χ2n) is 3.81. The molecule has 0 saturated heterocycles. The molecule has 2 aromatic rings. The van der Waals surface area contributed by atoms with Crippen LogP contribution in [0.15, 0.2) is 73.1 Å². The molecule has 0 bridgehead atoms. The normalized spacial score (nSPS) is 13.4. The molecule has 0 spiro atoms. The van der Waals surface area contributed by atoms with Crippen molar-refractivity contribution in [3.63, 3.8) is 0 Å². The van der Waals surface area contributed by atoms with Crippen molar-refractivity contribution in [2.45, 2.75) is 0 Å². The van der Waals surface area contributed by atoms with Crippen LogP contribution in [0.5, 0.6) is 0 Å². The average Bonchev–Trinajstić information content (AvgIpc) is 2.90. The highest BCUT2D eigenvalue weighted by atomic mass is 15.1. The first-order valence-corrected chi connectivity index (χ1v) is 5.57. The van der Waals surface area contributed by atoms with E-state index < -0.39 is 0 Å². The third-order valence-electron chi connectivity index (χ3n) is 2.65. The Hall–Kier alpha value is -2.44. The van der Waals surface area contributed by atoms with Crippen LogP contribution >= 0.6 is 0 Å².